The minimum Gasteiger partial charge on any atom is -0.299 e. The first-order valence-corrected chi connectivity index (χ1v) is 7.16. The van der Waals surface area contributed by atoms with Crippen LogP contribution < -0.4 is 0 Å². The average molecular weight is 251 g/mol. The SMILES string of the molecule is CN1CCc2ccccc2C1CCc1ccccc1. The third-order valence-electron chi connectivity index (χ3n) is 4.23. The Balaban J connectivity index is 1.77. The molecule has 0 aliphatic carbocycles. The summed E-state index contributed by atoms with van der Waals surface area (Å²) in [6, 6.07) is 20.3. The van der Waals surface area contributed by atoms with E-state index >= 15 is 0 Å². The molecule has 2 aromatic rings. The van der Waals surface area contributed by atoms with Crippen LogP contribution in [0.2, 0.25) is 0 Å². The molecule has 1 heterocycles. The normalized spacial score (nSPS) is 19.1. The lowest BCUT2D eigenvalue weighted by Gasteiger charge is -2.34. The number of nitrogens with zero attached hydrogens (tertiary/aromatic N) is 1. The molecule has 0 amide bonds. The largest absolute Gasteiger partial charge is 0.299 e. The van der Waals surface area contributed by atoms with Crippen molar-refractivity contribution in [3.05, 3.63) is 71.3 Å². The molecule has 0 spiro atoms. The van der Waals surface area contributed by atoms with Gasteiger partial charge in [-0.15, -0.1) is 0 Å². The van der Waals surface area contributed by atoms with Gasteiger partial charge in [0.1, 0.15) is 0 Å². The lowest BCUT2D eigenvalue weighted by molar-refractivity contribution is 0.219. The molecule has 1 nitrogen and oxygen atoms in total. The van der Waals surface area contributed by atoms with E-state index in [2.05, 4.69) is 66.5 Å². The Morgan fingerprint density at radius 3 is 2.58 bits per heavy atom. The quantitative estimate of drug-likeness (QED) is 0.801. The van der Waals surface area contributed by atoms with Crippen LogP contribution in [0.25, 0.3) is 0 Å². The summed E-state index contributed by atoms with van der Waals surface area (Å²) >= 11 is 0. The van der Waals surface area contributed by atoms with Crippen LogP contribution in [0.3, 0.4) is 0 Å². The van der Waals surface area contributed by atoms with Gasteiger partial charge in [0.25, 0.3) is 0 Å². The fourth-order valence-electron chi connectivity index (χ4n) is 3.10. The number of hydrogen-bond acceptors (Lipinski definition) is 1. The molecule has 0 radical (unpaired) electrons. The second-order valence-corrected chi connectivity index (χ2v) is 5.47. The lowest BCUT2D eigenvalue weighted by Crippen LogP contribution is -2.32. The maximum Gasteiger partial charge on any atom is 0.0351 e. The third-order valence-corrected chi connectivity index (χ3v) is 4.23. The van der Waals surface area contributed by atoms with Crippen LogP contribution in [0.4, 0.5) is 0 Å². The molecule has 0 aromatic heterocycles. The van der Waals surface area contributed by atoms with Gasteiger partial charge in [-0.05, 0) is 43.0 Å². The second kappa shape index (κ2) is 5.58. The number of hydrogen-bond donors (Lipinski definition) is 0. The Hall–Kier alpha value is -1.60. The summed E-state index contributed by atoms with van der Waals surface area (Å²) in [6.07, 6.45) is 3.55. The monoisotopic (exact) mass is 251 g/mol. The van der Waals surface area contributed by atoms with Crippen LogP contribution in [-0.2, 0) is 12.8 Å². The summed E-state index contributed by atoms with van der Waals surface area (Å²) in [5.41, 5.74) is 4.52. The maximum atomic E-state index is 2.51. The molecule has 2 aromatic carbocycles. The first kappa shape index (κ1) is 12.4. The van der Waals surface area contributed by atoms with Crippen molar-refractivity contribution in [3.63, 3.8) is 0 Å². The van der Waals surface area contributed by atoms with E-state index in [1.807, 2.05) is 0 Å². The van der Waals surface area contributed by atoms with E-state index in [0.29, 0.717) is 6.04 Å². The van der Waals surface area contributed by atoms with E-state index in [1.165, 1.54) is 30.5 Å². The van der Waals surface area contributed by atoms with Gasteiger partial charge in [0.2, 0.25) is 0 Å². The number of aryl methyl sites for hydroxylation is 1. The molecule has 1 unspecified atom stereocenters. The average Bonchev–Trinajstić information content (AvgIpc) is 2.47. The first-order valence-electron chi connectivity index (χ1n) is 7.16. The van der Waals surface area contributed by atoms with Crippen LogP contribution in [0.5, 0.6) is 0 Å². The minimum absolute atomic E-state index is 0.574. The molecule has 0 bridgehead atoms. The fourth-order valence-corrected chi connectivity index (χ4v) is 3.10. The fraction of sp³-hybridized carbons (Fsp3) is 0.333. The topological polar surface area (TPSA) is 3.24 Å². The van der Waals surface area contributed by atoms with Gasteiger partial charge in [0.15, 0.2) is 0 Å². The maximum absolute atomic E-state index is 2.51. The van der Waals surface area contributed by atoms with Crippen LogP contribution in [0, 0.1) is 0 Å². The van der Waals surface area contributed by atoms with E-state index < -0.39 is 0 Å². The summed E-state index contributed by atoms with van der Waals surface area (Å²) in [4.78, 5) is 2.51. The highest BCUT2D eigenvalue weighted by atomic mass is 15.1. The molecule has 0 N–H and O–H groups in total. The van der Waals surface area contributed by atoms with Gasteiger partial charge in [-0.25, -0.2) is 0 Å². The molecule has 0 saturated carbocycles. The number of rotatable bonds is 3. The molecule has 1 aliphatic heterocycles. The van der Waals surface area contributed by atoms with Crippen LogP contribution in [0.15, 0.2) is 54.6 Å². The molecule has 0 fully saturated rings. The molecule has 3 rings (SSSR count). The van der Waals surface area contributed by atoms with Gasteiger partial charge >= 0.3 is 0 Å². The van der Waals surface area contributed by atoms with Gasteiger partial charge in [0, 0.05) is 12.6 Å². The minimum atomic E-state index is 0.574. The molecular formula is C18H21N. The second-order valence-electron chi connectivity index (χ2n) is 5.47. The van der Waals surface area contributed by atoms with E-state index in [-0.39, 0.29) is 0 Å². The van der Waals surface area contributed by atoms with Crippen molar-refractivity contribution < 1.29 is 0 Å². The zero-order valence-corrected chi connectivity index (χ0v) is 11.5. The summed E-state index contributed by atoms with van der Waals surface area (Å²) in [5, 5.41) is 0. The standard InChI is InChI=1S/C18H21N/c1-19-14-13-16-9-5-6-10-17(16)18(19)12-11-15-7-3-2-4-8-15/h2-10,18H,11-14H2,1H3. The van der Waals surface area contributed by atoms with Gasteiger partial charge in [0.05, 0.1) is 0 Å². The summed E-state index contributed by atoms with van der Waals surface area (Å²) < 4.78 is 0. The molecular weight excluding hydrogens is 230 g/mol. The van der Waals surface area contributed by atoms with Crippen molar-refractivity contribution in [2.24, 2.45) is 0 Å². The van der Waals surface area contributed by atoms with Crippen molar-refractivity contribution in [2.45, 2.75) is 25.3 Å². The van der Waals surface area contributed by atoms with Gasteiger partial charge < -0.3 is 0 Å². The highest BCUT2D eigenvalue weighted by molar-refractivity contribution is 5.32. The smallest absolute Gasteiger partial charge is 0.0351 e. The molecule has 98 valence electrons. The molecule has 1 aliphatic rings. The van der Waals surface area contributed by atoms with Crippen molar-refractivity contribution in [2.75, 3.05) is 13.6 Å². The summed E-state index contributed by atoms with van der Waals surface area (Å²) in [7, 11) is 2.26. The Morgan fingerprint density at radius 1 is 1.00 bits per heavy atom. The van der Waals surface area contributed by atoms with Crippen molar-refractivity contribution in [3.8, 4) is 0 Å². The van der Waals surface area contributed by atoms with Gasteiger partial charge in [-0.2, -0.15) is 0 Å². The van der Waals surface area contributed by atoms with E-state index in [0.717, 1.165) is 6.42 Å². The Morgan fingerprint density at radius 2 is 1.74 bits per heavy atom. The van der Waals surface area contributed by atoms with Crippen LogP contribution in [0.1, 0.15) is 29.2 Å². The van der Waals surface area contributed by atoms with E-state index in [1.54, 1.807) is 5.56 Å². The van der Waals surface area contributed by atoms with Crippen molar-refractivity contribution in [1.82, 2.24) is 4.90 Å². The predicted molar refractivity (Wildman–Crippen MR) is 80.3 cm³/mol. The molecule has 0 saturated heterocycles. The highest BCUT2D eigenvalue weighted by Crippen LogP contribution is 2.31. The molecule has 1 atom stereocenters. The van der Waals surface area contributed by atoms with Crippen molar-refractivity contribution >= 4 is 0 Å². The van der Waals surface area contributed by atoms with Gasteiger partial charge in [-0.1, -0.05) is 54.6 Å². The molecule has 1 heteroatoms. The zero-order chi connectivity index (χ0) is 13.1. The number of benzene rings is 2. The predicted octanol–water partition coefficient (Wildman–Crippen LogP) is 3.85. The lowest BCUT2D eigenvalue weighted by atomic mass is 9.89. The summed E-state index contributed by atoms with van der Waals surface area (Å²) in [6.45, 7) is 1.18. The van der Waals surface area contributed by atoms with E-state index in [9.17, 15) is 0 Å². The van der Waals surface area contributed by atoms with Crippen LogP contribution in [-0.4, -0.2) is 18.5 Å². The van der Waals surface area contributed by atoms with E-state index in [4.69, 9.17) is 0 Å². The van der Waals surface area contributed by atoms with Crippen LogP contribution >= 0.6 is 0 Å². The van der Waals surface area contributed by atoms with Gasteiger partial charge in [-0.3, -0.25) is 4.90 Å². The summed E-state index contributed by atoms with van der Waals surface area (Å²) in [5.74, 6) is 0. The third kappa shape index (κ3) is 2.71. The Labute approximate surface area is 115 Å². The zero-order valence-electron chi connectivity index (χ0n) is 11.5. The Bertz CT molecular complexity index is 532. The molecule has 19 heavy (non-hydrogen) atoms. The number of likely N-dealkylation sites (N-methyl/N-ethyl adjacent to an activating group) is 1. The van der Waals surface area contributed by atoms with Crippen molar-refractivity contribution in [1.29, 1.82) is 0 Å². The Kier molecular flexibility index (Phi) is 3.65. The number of fused-ring (bicyclic) bond motifs is 1. The highest BCUT2D eigenvalue weighted by Gasteiger charge is 2.23. The first-order chi connectivity index (χ1) is 9.34.